The van der Waals surface area contributed by atoms with Gasteiger partial charge in [-0.15, -0.1) is 12.4 Å². The van der Waals surface area contributed by atoms with Crippen LogP contribution in [0.4, 0.5) is 0 Å². The Morgan fingerprint density at radius 3 is 2.62 bits per heavy atom. The van der Waals surface area contributed by atoms with E-state index in [0.717, 1.165) is 37.6 Å². The van der Waals surface area contributed by atoms with E-state index in [2.05, 4.69) is 22.4 Å². The molecule has 3 rings (SSSR count). The highest BCUT2D eigenvalue weighted by Gasteiger charge is 2.44. The number of hydrogen-bond donors (Lipinski definition) is 1. The van der Waals surface area contributed by atoms with Gasteiger partial charge in [0, 0.05) is 11.3 Å². The van der Waals surface area contributed by atoms with E-state index in [0.29, 0.717) is 5.92 Å². The maximum Gasteiger partial charge on any atom is 0.232 e. The van der Waals surface area contributed by atoms with E-state index >= 15 is 0 Å². The van der Waals surface area contributed by atoms with Gasteiger partial charge in [-0.1, -0.05) is 12.1 Å². The van der Waals surface area contributed by atoms with Gasteiger partial charge < -0.3 is 9.84 Å². The molecule has 1 N–H and O–H groups in total. The predicted octanol–water partition coefficient (Wildman–Crippen LogP) is 2.01. The van der Waals surface area contributed by atoms with Crippen molar-refractivity contribution in [3.05, 3.63) is 11.7 Å². The third kappa shape index (κ3) is 2.09. The van der Waals surface area contributed by atoms with Gasteiger partial charge in [0.05, 0.1) is 0 Å². The Labute approximate surface area is 102 Å². The minimum Gasteiger partial charge on any atom is -0.339 e. The molecular weight excluding hydrogens is 226 g/mol. The Kier molecular flexibility index (Phi) is 3.22. The molecule has 90 valence electrons. The van der Waals surface area contributed by atoms with Crippen LogP contribution in [-0.2, 0) is 5.41 Å². The lowest BCUT2D eigenvalue weighted by Gasteiger charge is -2.19. The maximum absolute atomic E-state index is 5.36. The molecule has 1 aromatic rings. The summed E-state index contributed by atoms with van der Waals surface area (Å²) < 4.78 is 5.36. The van der Waals surface area contributed by atoms with Crippen molar-refractivity contribution in [1.82, 2.24) is 15.5 Å². The first-order valence-corrected chi connectivity index (χ1v) is 5.83. The van der Waals surface area contributed by atoms with Gasteiger partial charge in [-0.25, -0.2) is 0 Å². The molecule has 1 aromatic heterocycles. The van der Waals surface area contributed by atoms with E-state index in [1.807, 2.05) is 0 Å². The van der Waals surface area contributed by atoms with Crippen molar-refractivity contribution in [2.75, 3.05) is 13.1 Å². The Balaban J connectivity index is 0.000000963. The molecule has 0 radical (unpaired) electrons. The maximum atomic E-state index is 5.36. The molecule has 0 spiro atoms. The fraction of sp³-hybridized carbons (Fsp3) is 0.818. The first-order chi connectivity index (χ1) is 7.28. The molecule has 1 saturated heterocycles. The second-order valence-electron chi connectivity index (χ2n) is 5.04. The van der Waals surface area contributed by atoms with E-state index in [1.165, 1.54) is 12.8 Å². The van der Waals surface area contributed by atoms with Crippen molar-refractivity contribution < 1.29 is 4.52 Å². The summed E-state index contributed by atoms with van der Waals surface area (Å²) in [6.07, 6.45) is 4.66. The molecule has 1 aliphatic heterocycles. The number of hydrogen-bond acceptors (Lipinski definition) is 4. The van der Waals surface area contributed by atoms with E-state index in [4.69, 9.17) is 4.52 Å². The van der Waals surface area contributed by atoms with Crippen LogP contribution >= 0.6 is 12.4 Å². The zero-order valence-corrected chi connectivity index (χ0v) is 10.3. The molecule has 2 fully saturated rings. The fourth-order valence-electron chi connectivity index (χ4n) is 2.13. The van der Waals surface area contributed by atoms with Crippen LogP contribution in [0.3, 0.4) is 0 Å². The van der Waals surface area contributed by atoms with Crippen LogP contribution in [0.1, 0.15) is 50.2 Å². The zero-order chi connectivity index (χ0) is 10.3. The molecule has 5 heteroatoms. The lowest BCUT2D eigenvalue weighted by Crippen LogP contribution is -2.27. The smallest absolute Gasteiger partial charge is 0.232 e. The van der Waals surface area contributed by atoms with Crippen LogP contribution in [0.15, 0.2) is 4.52 Å². The van der Waals surface area contributed by atoms with E-state index < -0.39 is 0 Å². The summed E-state index contributed by atoms with van der Waals surface area (Å²) in [4.78, 5) is 4.56. The average Bonchev–Trinajstić information content (AvgIpc) is 2.85. The van der Waals surface area contributed by atoms with Gasteiger partial charge >= 0.3 is 0 Å². The number of rotatable bonds is 2. The summed E-state index contributed by atoms with van der Waals surface area (Å²) in [7, 11) is 0. The van der Waals surface area contributed by atoms with Crippen LogP contribution in [0, 0.1) is 0 Å². The topological polar surface area (TPSA) is 51.0 Å². The molecule has 16 heavy (non-hydrogen) atoms. The Morgan fingerprint density at radius 2 is 2.00 bits per heavy atom. The zero-order valence-electron chi connectivity index (χ0n) is 9.53. The standard InChI is InChI=1S/C11H17N3O.ClH/c1-11(4-5-11)10-13-9(14-15-10)8-2-6-12-7-3-8;/h8,12H,2-7H2,1H3;1H. The molecule has 0 atom stereocenters. The van der Waals surface area contributed by atoms with Crippen molar-refractivity contribution in [2.45, 2.75) is 43.9 Å². The average molecular weight is 244 g/mol. The van der Waals surface area contributed by atoms with Crippen LogP contribution in [0.2, 0.25) is 0 Å². The highest BCUT2D eigenvalue weighted by Crippen LogP contribution is 2.46. The van der Waals surface area contributed by atoms with Crippen LogP contribution in [0.5, 0.6) is 0 Å². The number of aromatic nitrogens is 2. The summed E-state index contributed by atoms with van der Waals surface area (Å²) in [5, 5.41) is 7.48. The Bertz CT molecular complexity index is 356. The minimum absolute atomic E-state index is 0. The van der Waals surface area contributed by atoms with E-state index in [1.54, 1.807) is 0 Å². The Morgan fingerprint density at radius 1 is 1.31 bits per heavy atom. The van der Waals surface area contributed by atoms with Gasteiger partial charge in [-0.3, -0.25) is 0 Å². The van der Waals surface area contributed by atoms with Gasteiger partial charge in [0.15, 0.2) is 5.82 Å². The van der Waals surface area contributed by atoms with Gasteiger partial charge in [0.25, 0.3) is 0 Å². The van der Waals surface area contributed by atoms with Gasteiger partial charge in [-0.2, -0.15) is 4.98 Å². The molecule has 1 saturated carbocycles. The largest absolute Gasteiger partial charge is 0.339 e. The van der Waals surface area contributed by atoms with E-state index in [9.17, 15) is 0 Å². The first-order valence-electron chi connectivity index (χ1n) is 5.83. The highest BCUT2D eigenvalue weighted by atomic mass is 35.5. The van der Waals surface area contributed by atoms with Crippen molar-refractivity contribution in [1.29, 1.82) is 0 Å². The summed E-state index contributed by atoms with van der Waals surface area (Å²) >= 11 is 0. The van der Waals surface area contributed by atoms with Crippen LogP contribution in [0.25, 0.3) is 0 Å². The minimum atomic E-state index is 0. The molecule has 0 aromatic carbocycles. The van der Waals surface area contributed by atoms with Crippen molar-refractivity contribution >= 4 is 12.4 Å². The second-order valence-corrected chi connectivity index (χ2v) is 5.04. The predicted molar refractivity (Wildman–Crippen MR) is 63.0 cm³/mol. The Hall–Kier alpha value is -0.610. The molecule has 0 unspecified atom stereocenters. The highest BCUT2D eigenvalue weighted by molar-refractivity contribution is 5.85. The fourth-order valence-corrected chi connectivity index (χ4v) is 2.13. The molecule has 0 bridgehead atoms. The lowest BCUT2D eigenvalue weighted by atomic mass is 9.97. The summed E-state index contributed by atoms with van der Waals surface area (Å²) in [6.45, 7) is 4.35. The van der Waals surface area contributed by atoms with Crippen LogP contribution in [-0.4, -0.2) is 23.2 Å². The van der Waals surface area contributed by atoms with Gasteiger partial charge in [0.2, 0.25) is 5.89 Å². The second kappa shape index (κ2) is 4.34. The molecule has 1 aliphatic carbocycles. The van der Waals surface area contributed by atoms with Crippen LogP contribution < -0.4 is 5.32 Å². The third-order valence-corrected chi connectivity index (χ3v) is 3.66. The molecule has 2 aliphatic rings. The monoisotopic (exact) mass is 243 g/mol. The number of halogens is 1. The normalized spacial score (nSPS) is 23.8. The van der Waals surface area contributed by atoms with Crippen molar-refractivity contribution in [3.8, 4) is 0 Å². The number of piperidine rings is 1. The van der Waals surface area contributed by atoms with Crippen molar-refractivity contribution in [2.24, 2.45) is 0 Å². The van der Waals surface area contributed by atoms with Gasteiger partial charge in [-0.05, 0) is 38.8 Å². The third-order valence-electron chi connectivity index (χ3n) is 3.66. The van der Waals surface area contributed by atoms with E-state index in [-0.39, 0.29) is 17.8 Å². The molecule has 4 nitrogen and oxygen atoms in total. The summed E-state index contributed by atoms with van der Waals surface area (Å²) in [5.41, 5.74) is 0.207. The summed E-state index contributed by atoms with van der Waals surface area (Å²) in [6, 6.07) is 0. The number of nitrogens with zero attached hydrogens (tertiary/aromatic N) is 2. The number of nitrogens with one attached hydrogen (secondary N) is 1. The summed E-state index contributed by atoms with van der Waals surface area (Å²) in [5.74, 6) is 2.29. The van der Waals surface area contributed by atoms with Crippen molar-refractivity contribution in [3.63, 3.8) is 0 Å². The quantitative estimate of drug-likeness (QED) is 0.864. The lowest BCUT2D eigenvalue weighted by molar-refractivity contribution is 0.341. The SMILES string of the molecule is CC1(c2nc(C3CCNCC3)no2)CC1.Cl. The molecular formula is C11H18ClN3O. The molecule has 0 amide bonds. The van der Waals surface area contributed by atoms with Gasteiger partial charge in [0.1, 0.15) is 0 Å². The molecule has 2 heterocycles. The first kappa shape index (κ1) is 11.9.